The summed E-state index contributed by atoms with van der Waals surface area (Å²) in [6.07, 6.45) is 0.814. The number of aromatic nitrogens is 1. The zero-order valence-electron chi connectivity index (χ0n) is 17.8. The van der Waals surface area contributed by atoms with Crippen molar-refractivity contribution in [2.24, 2.45) is 0 Å². The van der Waals surface area contributed by atoms with Gasteiger partial charge in [0.2, 0.25) is 0 Å². The lowest BCUT2D eigenvalue weighted by Gasteiger charge is -2.21. The quantitative estimate of drug-likeness (QED) is 0.490. The van der Waals surface area contributed by atoms with Crippen LogP contribution in [0, 0.1) is 0 Å². The highest BCUT2D eigenvalue weighted by Gasteiger charge is 2.23. The molecule has 30 heavy (non-hydrogen) atoms. The minimum Gasteiger partial charge on any atom is -0.495 e. The summed E-state index contributed by atoms with van der Waals surface area (Å²) in [6.45, 7) is 1.34. The maximum atomic E-state index is 13.1. The number of hydrogen-bond donors (Lipinski definition) is 0. The second-order valence-electron chi connectivity index (χ2n) is 6.95. The van der Waals surface area contributed by atoms with Crippen LogP contribution in [0.5, 0.6) is 17.2 Å². The molecule has 8 heteroatoms. The number of hydrogen-bond acceptors (Lipinski definition) is 7. The first-order chi connectivity index (χ1) is 14.5. The number of nitrogens with zero attached hydrogens (tertiary/aromatic N) is 3. The molecule has 0 unspecified atom stereocenters. The van der Waals surface area contributed by atoms with Crippen LogP contribution < -0.4 is 19.1 Å². The van der Waals surface area contributed by atoms with Gasteiger partial charge in [0.05, 0.1) is 14.2 Å². The molecule has 0 aliphatic rings. The van der Waals surface area contributed by atoms with Gasteiger partial charge in [0, 0.05) is 6.54 Å². The molecule has 1 heterocycles. The van der Waals surface area contributed by atoms with E-state index in [1.54, 1.807) is 19.1 Å². The normalized spacial score (nSPS) is 11.0. The third-order valence-corrected chi connectivity index (χ3v) is 5.62. The minimum atomic E-state index is -0.144. The molecule has 0 atom stereocenters. The number of para-hydroxylation sites is 1. The van der Waals surface area contributed by atoms with Gasteiger partial charge in [-0.3, -0.25) is 9.69 Å². The molecule has 1 aromatic heterocycles. The first kappa shape index (κ1) is 21.9. The summed E-state index contributed by atoms with van der Waals surface area (Å²) in [7, 11) is 7.25. The first-order valence-electron chi connectivity index (χ1n) is 9.68. The number of carbonyl (C=O) groups is 1. The Morgan fingerprint density at radius 1 is 1.00 bits per heavy atom. The number of ether oxygens (including phenoxy) is 3. The number of rotatable bonds is 10. The largest absolute Gasteiger partial charge is 0.495 e. The van der Waals surface area contributed by atoms with Crippen LogP contribution >= 0.6 is 11.3 Å². The van der Waals surface area contributed by atoms with Gasteiger partial charge in [-0.2, -0.15) is 0 Å². The van der Waals surface area contributed by atoms with E-state index in [0.29, 0.717) is 34.4 Å². The van der Waals surface area contributed by atoms with Crippen LogP contribution in [0.25, 0.3) is 10.2 Å². The number of carbonyl (C=O) groups excluding carboxylic acids is 1. The average molecular weight is 430 g/mol. The van der Waals surface area contributed by atoms with E-state index >= 15 is 0 Å². The highest BCUT2D eigenvalue weighted by Crippen LogP contribution is 2.40. The molecule has 0 fully saturated rings. The topological polar surface area (TPSA) is 64.1 Å². The highest BCUT2D eigenvalue weighted by molar-refractivity contribution is 7.22. The fraction of sp³-hybridized carbons (Fsp3) is 0.364. The summed E-state index contributed by atoms with van der Waals surface area (Å²) in [4.78, 5) is 21.6. The number of benzene rings is 2. The molecular formula is C22H27N3O4S. The predicted molar refractivity (Wildman–Crippen MR) is 120 cm³/mol. The lowest BCUT2D eigenvalue weighted by Crippen LogP contribution is -2.36. The monoisotopic (exact) mass is 429 g/mol. The molecule has 1 amide bonds. The Morgan fingerprint density at radius 2 is 1.70 bits per heavy atom. The van der Waals surface area contributed by atoms with Crippen molar-refractivity contribution in [3.8, 4) is 17.2 Å². The second kappa shape index (κ2) is 10.3. The van der Waals surface area contributed by atoms with E-state index in [0.717, 1.165) is 17.7 Å². The van der Waals surface area contributed by atoms with Gasteiger partial charge in [0.25, 0.3) is 5.91 Å². The molecule has 0 spiro atoms. The summed E-state index contributed by atoms with van der Waals surface area (Å²) < 4.78 is 17.5. The van der Waals surface area contributed by atoms with Crippen molar-refractivity contribution in [2.75, 3.05) is 52.9 Å². The lowest BCUT2D eigenvalue weighted by molar-refractivity contribution is -0.120. The molecule has 2 aromatic carbocycles. The molecule has 0 bridgehead atoms. The van der Waals surface area contributed by atoms with E-state index in [4.69, 9.17) is 19.2 Å². The Kier molecular flexibility index (Phi) is 7.48. The molecule has 0 saturated heterocycles. The van der Waals surface area contributed by atoms with Crippen molar-refractivity contribution in [2.45, 2.75) is 6.42 Å². The molecular weight excluding hydrogens is 402 g/mol. The maximum Gasteiger partial charge on any atom is 0.266 e. The zero-order valence-corrected chi connectivity index (χ0v) is 18.6. The third-order valence-electron chi connectivity index (χ3n) is 4.52. The van der Waals surface area contributed by atoms with Crippen molar-refractivity contribution in [3.05, 3.63) is 42.5 Å². The molecule has 0 saturated carbocycles. The van der Waals surface area contributed by atoms with Crippen LogP contribution in [0.1, 0.15) is 6.42 Å². The molecule has 0 radical (unpaired) electrons. The number of amides is 1. The number of fused-ring (bicyclic) bond motifs is 1. The van der Waals surface area contributed by atoms with Crippen LogP contribution in [-0.2, 0) is 4.79 Å². The first-order valence-corrected chi connectivity index (χ1v) is 10.5. The Labute approximate surface area is 180 Å². The fourth-order valence-corrected chi connectivity index (χ4v) is 4.12. The molecule has 0 N–H and O–H groups in total. The third kappa shape index (κ3) is 5.20. The smallest absolute Gasteiger partial charge is 0.266 e. The van der Waals surface area contributed by atoms with Crippen LogP contribution in [-0.4, -0.2) is 63.8 Å². The summed E-state index contributed by atoms with van der Waals surface area (Å²) in [5, 5.41) is 0.605. The van der Waals surface area contributed by atoms with Gasteiger partial charge in [-0.25, -0.2) is 4.98 Å². The Morgan fingerprint density at radius 3 is 2.37 bits per heavy atom. The molecule has 0 aliphatic heterocycles. The number of anilines is 1. The van der Waals surface area contributed by atoms with Crippen molar-refractivity contribution in [1.29, 1.82) is 0 Å². The number of thiazole rings is 1. The van der Waals surface area contributed by atoms with Gasteiger partial charge in [-0.05, 0) is 51.3 Å². The predicted octanol–water partition coefficient (Wildman–Crippen LogP) is 3.68. The van der Waals surface area contributed by atoms with E-state index in [9.17, 15) is 4.79 Å². The van der Waals surface area contributed by atoms with Crippen molar-refractivity contribution in [1.82, 2.24) is 9.88 Å². The van der Waals surface area contributed by atoms with Crippen LogP contribution in [0.3, 0.4) is 0 Å². The van der Waals surface area contributed by atoms with E-state index in [1.165, 1.54) is 11.3 Å². The highest BCUT2D eigenvalue weighted by atomic mass is 32.1. The Hall–Kier alpha value is -2.84. The lowest BCUT2D eigenvalue weighted by atomic mass is 10.3. The molecule has 3 aromatic rings. The number of methoxy groups -OCH3 is 2. The van der Waals surface area contributed by atoms with E-state index in [1.807, 2.05) is 56.6 Å². The van der Waals surface area contributed by atoms with Crippen LogP contribution in [0.15, 0.2) is 42.5 Å². The summed E-state index contributed by atoms with van der Waals surface area (Å²) >= 11 is 1.41. The molecule has 0 aliphatic carbocycles. The fourth-order valence-electron chi connectivity index (χ4n) is 3.00. The van der Waals surface area contributed by atoms with E-state index in [2.05, 4.69) is 4.90 Å². The summed E-state index contributed by atoms with van der Waals surface area (Å²) in [6, 6.07) is 13.0. The van der Waals surface area contributed by atoms with Crippen LogP contribution in [0.4, 0.5) is 5.13 Å². The van der Waals surface area contributed by atoms with Gasteiger partial charge in [0.1, 0.15) is 27.5 Å². The van der Waals surface area contributed by atoms with E-state index < -0.39 is 0 Å². The van der Waals surface area contributed by atoms with Crippen molar-refractivity contribution < 1.29 is 19.0 Å². The van der Waals surface area contributed by atoms with Crippen molar-refractivity contribution in [3.63, 3.8) is 0 Å². The molecule has 160 valence electrons. The molecule has 3 rings (SSSR count). The van der Waals surface area contributed by atoms with Gasteiger partial charge >= 0.3 is 0 Å². The van der Waals surface area contributed by atoms with E-state index in [-0.39, 0.29) is 12.5 Å². The Bertz CT molecular complexity index is 934. The standard InChI is InChI=1S/C22H27N3O4S/c1-24(2)13-8-14-25(19(26)15-29-16-9-6-5-7-10-16)22-23-20-17(27-3)11-12-18(28-4)21(20)30-22/h5-7,9-12H,8,13-15H2,1-4H3. The summed E-state index contributed by atoms with van der Waals surface area (Å²) in [5.41, 5.74) is 0.686. The maximum absolute atomic E-state index is 13.1. The van der Waals surface area contributed by atoms with Crippen molar-refractivity contribution >= 4 is 32.6 Å². The van der Waals surface area contributed by atoms with Crippen LogP contribution in [0.2, 0.25) is 0 Å². The average Bonchev–Trinajstić information content (AvgIpc) is 3.20. The second-order valence-corrected chi connectivity index (χ2v) is 7.93. The van der Waals surface area contributed by atoms with Gasteiger partial charge in [-0.1, -0.05) is 29.5 Å². The van der Waals surface area contributed by atoms with Gasteiger partial charge < -0.3 is 19.1 Å². The van der Waals surface area contributed by atoms with Gasteiger partial charge in [-0.15, -0.1) is 0 Å². The zero-order chi connectivity index (χ0) is 21.5. The SMILES string of the molecule is COc1ccc(OC)c2sc(N(CCCN(C)C)C(=O)COc3ccccc3)nc12. The Balaban J connectivity index is 1.88. The molecule has 7 nitrogen and oxygen atoms in total. The van der Waals surface area contributed by atoms with Gasteiger partial charge in [0.15, 0.2) is 11.7 Å². The summed E-state index contributed by atoms with van der Waals surface area (Å²) in [5.74, 6) is 1.87. The minimum absolute atomic E-state index is 0.0594.